The van der Waals surface area contributed by atoms with Gasteiger partial charge < -0.3 is 10.3 Å². The molecule has 0 unspecified atom stereocenters. The number of rotatable bonds is 13. The Morgan fingerprint density at radius 2 is 1.12 bits per heavy atom. The maximum atomic E-state index is 9.22. The number of aliphatic hydroxyl groups excluding tert-OH is 1. The lowest BCUT2D eigenvalue weighted by Gasteiger charge is -2.10. The summed E-state index contributed by atoms with van der Waals surface area (Å²) in [5.74, 6) is 0. The Balaban J connectivity index is 2.94. The van der Waals surface area contributed by atoms with Crippen molar-refractivity contribution in [2.45, 2.75) is 71.1 Å². The van der Waals surface area contributed by atoms with E-state index in [1.54, 1.807) is 0 Å². The highest BCUT2D eigenvalue weighted by Crippen LogP contribution is 2.10. The monoisotopic (exact) mass is 245 g/mol. The van der Waals surface area contributed by atoms with Gasteiger partial charge in [-0.1, -0.05) is 58.3 Å². The van der Waals surface area contributed by atoms with E-state index in [0.29, 0.717) is 6.61 Å². The lowest BCUT2D eigenvalue weighted by Crippen LogP contribution is -2.19. The molecule has 0 aliphatic heterocycles. The van der Waals surface area contributed by atoms with Crippen LogP contribution in [-0.2, 0) is 0 Å². The van der Waals surface area contributed by atoms with E-state index in [9.17, 15) is 5.21 Å². The van der Waals surface area contributed by atoms with E-state index in [-0.39, 0.29) is 0 Å². The quantitative estimate of drug-likeness (QED) is 0.385. The molecule has 104 valence electrons. The standard InChI is InChI=1S/C14H31NO2/c1-2-15(17)13-11-9-7-5-3-4-6-8-10-12-14-16/h16-17H,2-14H2,1H3. The zero-order valence-corrected chi connectivity index (χ0v) is 11.5. The van der Waals surface area contributed by atoms with Crippen molar-refractivity contribution in [2.75, 3.05) is 19.7 Å². The van der Waals surface area contributed by atoms with Gasteiger partial charge in [-0.2, -0.15) is 5.06 Å². The van der Waals surface area contributed by atoms with Crippen LogP contribution in [0.2, 0.25) is 0 Å². The molecule has 0 aromatic carbocycles. The van der Waals surface area contributed by atoms with E-state index in [1.165, 1.54) is 56.4 Å². The average molecular weight is 245 g/mol. The topological polar surface area (TPSA) is 43.7 Å². The van der Waals surface area contributed by atoms with Crippen molar-refractivity contribution in [2.24, 2.45) is 0 Å². The fourth-order valence-electron chi connectivity index (χ4n) is 1.98. The normalized spacial score (nSPS) is 11.3. The summed E-state index contributed by atoms with van der Waals surface area (Å²) >= 11 is 0. The minimum absolute atomic E-state index is 0.347. The molecule has 3 heteroatoms. The zero-order chi connectivity index (χ0) is 12.8. The first-order valence-electron chi connectivity index (χ1n) is 7.36. The smallest absolute Gasteiger partial charge is 0.0431 e. The van der Waals surface area contributed by atoms with Gasteiger partial charge in [0.05, 0.1) is 0 Å². The predicted octanol–water partition coefficient (Wildman–Crippen LogP) is 3.59. The number of aliphatic hydroxyl groups is 1. The molecule has 0 aromatic rings. The Labute approximate surface area is 107 Å². The number of unbranched alkanes of at least 4 members (excludes halogenated alkanes) is 9. The van der Waals surface area contributed by atoms with Gasteiger partial charge in [-0.05, 0) is 12.8 Å². The van der Waals surface area contributed by atoms with Gasteiger partial charge in [-0.15, -0.1) is 0 Å². The molecule has 0 aliphatic rings. The van der Waals surface area contributed by atoms with Crippen molar-refractivity contribution in [1.29, 1.82) is 0 Å². The van der Waals surface area contributed by atoms with Crippen LogP contribution in [0, 0.1) is 0 Å². The van der Waals surface area contributed by atoms with E-state index >= 15 is 0 Å². The number of hydroxylamine groups is 2. The Hall–Kier alpha value is -0.120. The number of hydrogen-bond donors (Lipinski definition) is 2. The summed E-state index contributed by atoms with van der Waals surface area (Å²) in [5, 5.41) is 19.2. The van der Waals surface area contributed by atoms with Crippen LogP contribution >= 0.6 is 0 Å². The van der Waals surface area contributed by atoms with Crippen molar-refractivity contribution >= 4 is 0 Å². The van der Waals surface area contributed by atoms with Gasteiger partial charge in [-0.25, -0.2) is 0 Å². The maximum absolute atomic E-state index is 9.22. The minimum atomic E-state index is 0.347. The molecule has 0 saturated carbocycles. The predicted molar refractivity (Wildman–Crippen MR) is 72.3 cm³/mol. The second-order valence-electron chi connectivity index (χ2n) is 4.81. The molecule has 0 rings (SSSR count). The van der Waals surface area contributed by atoms with Gasteiger partial charge in [-0.3, -0.25) is 0 Å². The summed E-state index contributed by atoms with van der Waals surface area (Å²) < 4.78 is 0. The van der Waals surface area contributed by atoms with Crippen molar-refractivity contribution in [3.63, 3.8) is 0 Å². The van der Waals surface area contributed by atoms with Gasteiger partial charge >= 0.3 is 0 Å². The van der Waals surface area contributed by atoms with E-state index in [0.717, 1.165) is 25.9 Å². The molecule has 0 atom stereocenters. The maximum Gasteiger partial charge on any atom is 0.0431 e. The molecule has 0 amide bonds. The van der Waals surface area contributed by atoms with Gasteiger partial charge in [0.2, 0.25) is 0 Å². The molecule has 0 heterocycles. The number of hydrogen-bond acceptors (Lipinski definition) is 3. The van der Waals surface area contributed by atoms with Gasteiger partial charge in [0.1, 0.15) is 0 Å². The Bertz CT molecular complexity index is 142. The van der Waals surface area contributed by atoms with Crippen LogP contribution < -0.4 is 0 Å². The summed E-state index contributed by atoms with van der Waals surface area (Å²) in [4.78, 5) is 0. The van der Waals surface area contributed by atoms with Crippen LogP contribution in [0.25, 0.3) is 0 Å². The van der Waals surface area contributed by atoms with Gasteiger partial charge in [0.15, 0.2) is 0 Å². The van der Waals surface area contributed by atoms with Crippen molar-refractivity contribution in [3.05, 3.63) is 0 Å². The highest BCUT2D eigenvalue weighted by atomic mass is 16.5. The molecule has 17 heavy (non-hydrogen) atoms. The molecule has 0 spiro atoms. The summed E-state index contributed by atoms with van der Waals surface area (Å²) in [5.41, 5.74) is 0. The Kier molecular flexibility index (Phi) is 13.8. The highest BCUT2D eigenvalue weighted by Gasteiger charge is 1.96. The van der Waals surface area contributed by atoms with Crippen molar-refractivity contribution < 1.29 is 10.3 Å². The minimum Gasteiger partial charge on any atom is -0.396 e. The SMILES string of the molecule is CCN(O)CCCCCCCCCCCCO. The third kappa shape index (κ3) is 13.8. The molecule has 0 saturated heterocycles. The summed E-state index contributed by atoms with van der Waals surface area (Å²) in [6.07, 6.45) is 12.4. The third-order valence-corrected chi connectivity index (χ3v) is 3.19. The molecule has 0 aliphatic carbocycles. The molecule has 0 radical (unpaired) electrons. The fraction of sp³-hybridized carbons (Fsp3) is 1.00. The van der Waals surface area contributed by atoms with Crippen LogP contribution in [0.15, 0.2) is 0 Å². The first kappa shape index (κ1) is 16.9. The molecule has 3 nitrogen and oxygen atoms in total. The van der Waals surface area contributed by atoms with Crippen LogP contribution in [0.3, 0.4) is 0 Å². The van der Waals surface area contributed by atoms with E-state index < -0.39 is 0 Å². The molecular formula is C14H31NO2. The average Bonchev–Trinajstić information content (AvgIpc) is 2.35. The van der Waals surface area contributed by atoms with Gasteiger partial charge in [0, 0.05) is 19.7 Å². The summed E-state index contributed by atoms with van der Waals surface area (Å²) in [6, 6.07) is 0. The van der Waals surface area contributed by atoms with E-state index in [4.69, 9.17) is 5.11 Å². The third-order valence-electron chi connectivity index (χ3n) is 3.19. The molecule has 2 N–H and O–H groups in total. The zero-order valence-electron chi connectivity index (χ0n) is 11.5. The van der Waals surface area contributed by atoms with Crippen LogP contribution in [0.5, 0.6) is 0 Å². The molecule has 0 fully saturated rings. The molecule has 0 aromatic heterocycles. The largest absolute Gasteiger partial charge is 0.396 e. The van der Waals surface area contributed by atoms with Crippen molar-refractivity contribution in [1.82, 2.24) is 5.06 Å². The Morgan fingerprint density at radius 1 is 0.706 bits per heavy atom. The van der Waals surface area contributed by atoms with Crippen molar-refractivity contribution in [3.8, 4) is 0 Å². The first-order valence-corrected chi connectivity index (χ1v) is 7.36. The van der Waals surface area contributed by atoms with Crippen LogP contribution in [0.4, 0.5) is 0 Å². The summed E-state index contributed by atoms with van der Waals surface area (Å²) in [7, 11) is 0. The highest BCUT2D eigenvalue weighted by molar-refractivity contribution is 4.49. The molecule has 0 bridgehead atoms. The number of nitrogens with zero attached hydrogens (tertiary/aromatic N) is 1. The van der Waals surface area contributed by atoms with Crippen LogP contribution in [-0.4, -0.2) is 35.1 Å². The summed E-state index contributed by atoms with van der Waals surface area (Å²) in [6.45, 7) is 3.86. The van der Waals surface area contributed by atoms with Crippen LogP contribution in [0.1, 0.15) is 71.1 Å². The van der Waals surface area contributed by atoms with E-state index in [1.807, 2.05) is 6.92 Å². The lowest BCUT2D eigenvalue weighted by molar-refractivity contribution is -0.0869. The fourth-order valence-corrected chi connectivity index (χ4v) is 1.98. The molecular weight excluding hydrogens is 214 g/mol. The van der Waals surface area contributed by atoms with E-state index in [2.05, 4.69) is 0 Å². The second-order valence-corrected chi connectivity index (χ2v) is 4.81. The Morgan fingerprint density at radius 3 is 1.53 bits per heavy atom. The van der Waals surface area contributed by atoms with Gasteiger partial charge in [0.25, 0.3) is 0 Å². The second kappa shape index (κ2) is 13.9. The lowest BCUT2D eigenvalue weighted by atomic mass is 10.1. The first-order chi connectivity index (χ1) is 8.31.